The van der Waals surface area contributed by atoms with Crippen LogP contribution in [0.25, 0.3) is 0 Å². The third-order valence-electron chi connectivity index (χ3n) is 4.74. The SMILES string of the molecule is Cc1ccc2c(c1)C(c1ccccc1)C(c1ccccc1)C2=O. The number of hydrogen-bond acceptors (Lipinski definition) is 1. The Bertz CT molecular complexity index is 850. The van der Waals surface area contributed by atoms with Crippen molar-refractivity contribution in [2.75, 3.05) is 0 Å². The van der Waals surface area contributed by atoms with Gasteiger partial charge in [0.1, 0.15) is 0 Å². The molecule has 0 radical (unpaired) electrons. The number of hydrogen-bond donors (Lipinski definition) is 0. The molecule has 2 atom stereocenters. The van der Waals surface area contributed by atoms with Gasteiger partial charge in [0, 0.05) is 11.5 Å². The van der Waals surface area contributed by atoms with Crippen LogP contribution in [0.1, 0.15) is 44.4 Å². The maximum atomic E-state index is 13.1. The van der Waals surface area contributed by atoms with Crippen molar-refractivity contribution in [2.24, 2.45) is 0 Å². The fraction of sp³-hybridized carbons (Fsp3) is 0.136. The van der Waals surface area contributed by atoms with E-state index >= 15 is 0 Å². The topological polar surface area (TPSA) is 17.1 Å². The van der Waals surface area contributed by atoms with Crippen LogP contribution in [0.15, 0.2) is 78.9 Å². The summed E-state index contributed by atoms with van der Waals surface area (Å²) in [6.07, 6.45) is 0. The lowest BCUT2D eigenvalue weighted by molar-refractivity contribution is 0.0968. The second kappa shape index (κ2) is 5.51. The van der Waals surface area contributed by atoms with E-state index in [1.165, 1.54) is 11.1 Å². The van der Waals surface area contributed by atoms with E-state index in [0.29, 0.717) is 0 Å². The first kappa shape index (κ1) is 14.0. The number of carbonyl (C=O) groups excluding carboxylic acids is 1. The Morgan fingerprint density at radius 1 is 0.696 bits per heavy atom. The van der Waals surface area contributed by atoms with Crippen LogP contribution in [0.2, 0.25) is 0 Å². The second-order valence-corrected chi connectivity index (χ2v) is 6.23. The van der Waals surface area contributed by atoms with Crippen LogP contribution >= 0.6 is 0 Å². The van der Waals surface area contributed by atoms with Crippen LogP contribution in [0.3, 0.4) is 0 Å². The van der Waals surface area contributed by atoms with E-state index in [2.05, 4.69) is 49.4 Å². The average Bonchev–Trinajstić information content (AvgIpc) is 2.88. The molecule has 0 N–H and O–H groups in total. The molecule has 0 aliphatic heterocycles. The van der Waals surface area contributed by atoms with Gasteiger partial charge in [0.15, 0.2) is 5.78 Å². The van der Waals surface area contributed by atoms with Gasteiger partial charge in [-0.1, -0.05) is 84.4 Å². The number of fused-ring (bicyclic) bond motifs is 1. The lowest BCUT2D eigenvalue weighted by Gasteiger charge is -2.20. The van der Waals surface area contributed by atoms with Gasteiger partial charge in [-0.3, -0.25) is 4.79 Å². The van der Waals surface area contributed by atoms with Gasteiger partial charge in [0.25, 0.3) is 0 Å². The summed E-state index contributed by atoms with van der Waals surface area (Å²) in [6, 6.07) is 26.7. The maximum absolute atomic E-state index is 13.1. The van der Waals surface area contributed by atoms with Crippen molar-refractivity contribution in [1.29, 1.82) is 0 Å². The maximum Gasteiger partial charge on any atom is 0.171 e. The number of ketones is 1. The summed E-state index contributed by atoms with van der Waals surface area (Å²) >= 11 is 0. The Kier molecular flexibility index (Phi) is 3.34. The molecule has 0 saturated heterocycles. The molecule has 0 aromatic heterocycles. The molecular formula is C22H18O. The highest BCUT2D eigenvalue weighted by atomic mass is 16.1. The minimum Gasteiger partial charge on any atom is -0.293 e. The fourth-order valence-electron chi connectivity index (χ4n) is 3.70. The number of benzene rings is 3. The molecule has 4 rings (SSSR count). The van der Waals surface area contributed by atoms with Gasteiger partial charge in [-0.2, -0.15) is 0 Å². The molecule has 1 nitrogen and oxygen atoms in total. The van der Waals surface area contributed by atoms with Gasteiger partial charge in [0.2, 0.25) is 0 Å². The zero-order chi connectivity index (χ0) is 15.8. The van der Waals surface area contributed by atoms with Crippen molar-refractivity contribution < 1.29 is 4.79 Å². The molecular weight excluding hydrogens is 280 g/mol. The van der Waals surface area contributed by atoms with E-state index in [4.69, 9.17) is 0 Å². The van der Waals surface area contributed by atoms with E-state index < -0.39 is 0 Å². The summed E-state index contributed by atoms with van der Waals surface area (Å²) in [5.74, 6) is 0.205. The zero-order valence-corrected chi connectivity index (χ0v) is 13.1. The number of rotatable bonds is 2. The Morgan fingerprint density at radius 3 is 1.87 bits per heavy atom. The van der Waals surface area contributed by atoms with Crippen molar-refractivity contribution in [3.63, 3.8) is 0 Å². The molecule has 3 aromatic rings. The van der Waals surface area contributed by atoms with E-state index in [1.54, 1.807) is 0 Å². The smallest absolute Gasteiger partial charge is 0.171 e. The molecule has 112 valence electrons. The number of Topliss-reactive ketones (excluding diaryl/α,β-unsaturated/α-hetero) is 1. The summed E-state index contributed by atoms with van der Waals surface area (Å²) < 4.78 is 0. The van der Waals surface area contributed by atoms with Crippen LogP contribution in [-0.2, 0) is 0 Å². The van der Waals surface area contributed by atoms with Crippen molar-refractivity contribution >= 4 is 5.78 Å². The van der Waals surface area contributed by atoms with Crippen LogP contribution in [-0.4, -0.2) is 5.78 Å². The van der Waals surface area contributed by atoms with E-state index in [0.717, 1.165) is 16.7 Å². The van der Waals surface area contributed by atoms with Crippen LogP contribution in [0.5, 0.6) is 0 Å². The van der Waals surface area contributed by atoms with Gasteiger partial charge in [-0.25, -0.2) is 0 Å². The van der Waals surface area contributed by atoms with Gasteiger partial charge in [-0.05, 0) is 23.6 Å². The summed E-state index contributed by atoms with van der Waals surface area (Å²) in [6.45, 7) is 2.09. The molecule has 0 bridgehead atoms. The third-order valence-corrected chi connectivity index (χ3v) is 4.74. The highest BCUT2D eigenvalue weighted by molar-refractivity contribution is 6.07. The summed E-state index contributed by atoms with van der Waals surface area (Å²) in [5, 5.41) is 0. The first-order valence-corrected chi connectivity index (χ1v) is 8.00. The first-order valence-electron chi connectivity index (χ1n) is 8.00. The third kappa shape index (κ3) is 2.29. The molecule has 0 heterocycles. The molecule has 23 heavy (non-hydrogen) atoms. The molecule has 1 aliphatic rings. The van der Waals surface area contributed by atoms with Crippen molar-refractivity contribution in [1.82, 2.24) is 0 Å². The molecule has 1 aliphatic carbocycles. The minimum absolute atomic E-state index is 0.0981. The van der Waals surface area contributed by atoms with Gasteiger partial charge < -0.3 is 0 Å². The summed E-state index contributed by atoms with van der Waals surface area (Å²) in [4.78, 5) is 13.1. The molecule has 0 fully saturated rings. The van der Waals surface area contributed by atoms with Crippen molar-refractivity contribution in [2.45, 2.75) is 18.8 Å². The van der Waals surface area contributed by atoms with E-state index in [9.17, 15) is 4.79 Å². The molecule has 0 saturated carbocycles. The molecule has 3 aromatic carbocycles. The Hall–Kier alpha value is -2.67. The first-order chi connectivity index (χ1) is 11.3. The van der Waals surface area contributed by atoms with Gasteiger partial charge in [-0.15, -0.1) is 0 Å². The average molecular weight is 298 g/mol. The zero-order valence-electron chi connectivity index (χ0n) is 13.1. The summed E-state index contributed by atoms with van der Waals surface area (Å²) in [5.41, 5.74) is 5.54. The van der Waals surface area contributed by atoms with Gasteiger partial charge >= 0.3 is 0 Å². The Morgan fingerprint density at radius 2 is 1.26 bits per heavy atom. The standard InChI is InChI=1S/C22H18O/c1-15-12-13-18-19(14-15)20(16-8-4-2-5-9-16)21(22(18)23)17-10-6-3-7-11-17/h2-14,20-21H,1H3. The second-order valence-electron chi connectivity index (χ2n) is 6.23. The highest BCUT2D eigenvalue weighted by Gasteiger charge is 2.41. The predicted octanol–water partition coefficient (Wildman–Crippen LogP) is 5.11. The summed E-state index contributed by atoms with van der Waals surface area (Å²) in [7, 11) is 0. The highest BCUT2D eigenvalue weighted by Crippen LogP contribution is 2.47. The minimum atomic E-state index is -0.129. The Labute approximate surface area is 136 Å². The quantitative estimate of drug-likeness (QED) is 0.642. The lowest BCUT2D eigenvalue weighted by Crippen LogP contribution is -2.12. The predicted molar refractivity (Wildman–Crippen MR) is 93.0 cm³/mol. The monoisotopic (exact) mass is 298 g/mol. The van der Waals surface area contributed by atoms with E-state index in [-0.39, 0.29) is 17.6 Å². The van der Waals surface area contributed by atoms with Crippen LogP contribution in [0.4, 0.5) is 0 Å². The lowest BCUT2D eigenvalue weighted by atomic mass is 9.81. The van der Waals surface area contributed by atoms with Crippen molar-refractivity contribution in [3.05, 3.63) is 107 Å². The molecule has 0 amide bonds. The fourth-order valence-corrected chi connectivity index (χ4v) is 3.70. The van der Waals surface area contributed by atoms with Crippen molar-refractivity contribution in [3.8, 4) is 0 Å². The van der Waals surface area contributed by atoms with E-state index in [1.807, 2.05) is 36.4 Å². The molecule has 2 unspecified atom stereocenters. The molecule has 0 spiro atoms. The van der Waals surface area contributed by atoms with Crippen LogP contribution in [0, 0.1) is 6.92 Å². The number of carbonyl (C=O) groups is 1. The normalized spacial score (nSPS) is 19.6. The number of aryl methyl sites for hydroxylation is 1. The van der Waals surface area contributed by atoms with Crippen LogP contribution < -0.4 is 0 Å². The Balaban J connectivity index is 1.94. The molecule has 1 heteroatoms. The van der Waals surface area contributed by atoms with Gasteiger partial charge in [0.05, 0.1) is 5.92 Å². The largest absolute Gasteiger partial charge is 0.293 e.